The highest BCUT2D eigenvalue weighted by atomic mass is 127. The van der Waals surface area contributed by atoms with Crippen molar-refractivity contribution in [2.45, 2.75) is 37.8 Å². The molecule has 1 aromatic rings. The van der Waals surface area contributed by atoms with E-state index < -0.39 is 0 Å². The maximum absolute atomic E-state index is 5.50. The number of hydrogen-bond acceptors (Lipinski definition) is 3. The van der Waals surface area contributed by atoms with Gasteiger partial charge in [0.15, 0.2) is 5.96 Å². The van der Waals surface area contributed by atoms with Gasteiger partial charge in [-0.2, -0.15) is 0 Å². The molecule has 1 aliphatic carbocycles. The van der Waals surface area contributed by atoms with E-state index in [0.29, 0.717) is 18.0 Å². The van der Waals surface area contributed by atoms with Crippen LogP contribution >= 0.6 is 39.9 Å². The minimum Gasteiger partial charge on any atom is -0.379 e. The second-order valence-corrected chi connectivity index (χ2v) is 8.40. The quantitative estimate of drug-likeness (QED) is 0.356. The topological polar surface area (TPSA) is 40.1 Å². The van der Waals surface area contributed by atoms with E-state index in [1.807, 2.05) is 0 Å². The smallest absolute Gasteiger partial charge is 0.194 e. The van der Waals surface area contributed by atoms with Gasteiger partial charge in [0, 0.05) is 55.2 Å². The molecule has 0 bridgehead atoms. The summed E-state index contributed by atoms with van der Waals surface area (Å²) in [5.74, 6) is 1.72. The van der Waals surface area contributed by atoms with Gasteiger partial charge in [0.05, 0.1) is 13.2 Å². The lowest BCUT2D eigenvalue weighted by Crippen LogP contribution is -2.47. The largest absolute Gasteiger partial charge is 0.379 e. The first-order chi connectivity index (χ1) is 12.7. The molecule has 1 N–H and O–H groups in total. The summed E-state index contributed by atoms with van der Waals surface area (Å²) in [5.41, 5.74) is 1.43. The molecule has 3 aliphatic rings. The summed E-state index contributed by atoms with van der Waals surface area (Å²) < 4.78 is 6.64. The number of guanidine groups is 1. The summed E-state index contributed by atoms with van der Waals surface area (Å²) in [6.07, 6.45) is 2.43. The molecular weight excluding hydrogens is 519 g/mol. The standard InChI is InChI=1S/C20H29BrN4O.HI/c1-2-22-20(23-19-13-18(19)15-3-5-16(21)6-4-15)25-8-7-17(14-25)24-9-11-26-12-10-24;/h3-6,17-19H,2,7-14H2,1H3,(H,22,23);1H. The van der Waals surface area contributed by atoms with Gasteiger partial charge in [0.25, 0.3) is 0 Å². The highest BCUT2D eigenvalue weighted by molar-refractivity contribution is 14.0. The van der Waals surface area contributed by atoms with Crippen LogP contribution in [0.3, 0.4) is 0 Å². The average molecular weight is 549 g/mol. The van der Waals surface area contributed by atoms with E-state index in [1.54, 1.807) is 0 Å². The molecule has 1 aromatic carbocycles. The van der Waals surface area contributed by atoms with Crippen LogP contribution < -0.4 is 5.32 Å². The van der Waals surface area contributed by atoms with E-state index in [9.17, 15) is 0 Å². The monoisotopic (exact) mass is 548 g/mol. The Morgan fingerprint density at radius 2 is 1.96 bits per heavy atom. The summed E-state index contributed by atoms with van der Waals surface area (Å²) in [7, 11) is 0. The van der Waals surface area contributed by atoms with E-state index in [1.165, 1.54) is 18.4 Å². The SMILES string of the molecule is CCN=C(NC1CC1c1ccc(Br)cc1)N1CCC(N2CCOCC2)C1.I. The normalized spacial score (nSPS) is 28.7. The van der Waals surface area contributed by atoms with E-state index in [4.69, 9.17) is 9.73 Å². The van der Waals surface area contributed by atoms with Crippen molar-refractivity contribution in [2.75, 3.05) is 45.9 Å². The lowest BCUT2D eigenvalue weighted by molar-refractivity contribution is 0.0195. The van der Waals surface area contributed by atoms with Gasteiger partial charge >= 0.3 is 0 Å². The lowest BCUT2D eigenvalue weighted by Gasteiger charge is -2.32. The Hall–Kier alpha value is -0.380. The number of hydrogen-bond donors (Lipinski definition) is 1. The Bertz CT molecular complexity index is 635. The molecule has 27 heavy (non-hydrogen) atoms. The van der Waals surface area contributed by atoms with Crippen LogP contribution in [0.1, 0.15) is 31.2 Å². The molecule has 3 unspecified atom stereocenters. The third-order valence-electron chi connectivity index (χ3n) is 5.74. The molecule has 2 heterocycles. The van der Waals surface area contributed by atoms with Crippen molar-refractivity contribution in [1.29, 1.82) is 0 Å². The fourth-order valence-corrected chi connectivity index (χ4v) is 4.42. The van der Waals surface area contributed by atoms with Gasteiger partial charge in [-0.3, -0.25) is 9.89 Å². The molecule has 0 spiro atoms. The maximum atomic E-state index is 5.50. The second kappa shape index (κ2) is 9.89. The molecule has 5 nitrogen and oxygen atoms in total. The second-order valence-electron chi connectivity index (χ2n) is 7.48. The Morgan fingerprint density at radius 1 is 1.22 bits per heavy atom. The number of nitrogens with one attached hydrogen (secondary N) is 1. The van der Waals surface area contributed by atoms with E-state index in [0.717, 1.165) is 56.4 Å². The molecule has 7 heteroatoms. The van der Waals surface area contributed by atoms with Crippen molar-refractivity contribution < 1.29 is 4.74 Å². The number of aliphatic imine (C=N–C) groups is 1. The van der Waals surface area contributed by atoms with Gasteiger partial charge in [-0.15, -0.1) is 24.0 Å². The minimum absolute atomic E-state index is 0. The molecule has 2 aliphatic heterocycles. The van der Waals surface area contributed by atoms with Gasteiger partial charge in [0.2, 0.25) is 0 Å². The Balaban J connectivity index is 0.00000210. The summed E-state index contributed by atoms with van der Waals surface area (Å²) in [5, 5.41) is 3.74. The van der Waals surface area contributed by atoms with Crippen LogP contribution in [-0.4, -0.2) is 73.8 Å². The fraction of sp³-hybridized carbons (Fsp3) is 0.650. The van der Waals surface area contributed by atoms with Gasteiger partial charge in [0.1, 0.15) is 0 Å². The Morgan fingerprint density at radius 3 is 2.67 bits per heavy atom. The predicted molar refractivity (Wildman–Crippen MR) is 124 cm³/mol. The first-order valence-corrected chi connectivity index (χ1v) is 10.7. The molecule has 0 aromatic heterocycles. The molecule has 0 amide bonds. The van der Waals surface area contributed by atoms with E-state index >= 15 is 0 Å². The summed E-state index contributed by atoms with van der Waals surface area (Å²) in [4.78, 5) is 9.84. The van der Waals surface area contributed by atoms with Gasteiger partial charge in [-0.25, -0.2) is 0 Å². The third-order valence-corrected chi connectivity index (χ3v) is 6.26. The number of likely N-dealkylation sites (tertiary alicyclic amines) is 1. The van der Waals surface area contributed by atoms with Crippen molar-refractivity contribution >= 4 is 45.9 Å². The first-order valence-electron chi connectivity index (χ1n) is 9.88. The number of halogens is 2. The number of ether oxygens (including phenoxy) is 1. The molecule has 2 saturated heterocycles. The van der Waals surface area contributed by atoms with Crippen molar-refractivity contribution in [1.82, 2.24) is 15.1 Å². The zero-order valence-electron chi connectivity index (χ0n) is 15.9. The lowest BCUT2D eigenvalue weighted by atomic mass is 10.1. The number of nitrogens with zero attached hydrogens (tertiary/aromatic N) is 3. The predicted octanol–water partition coefficient (Wildman–Crippen LogP) is 3.30. The number of rotatable bonds is 4. The summed E-state index contributed by atoms with van der Waals surface area (Å²) in [6, 6.07) is 9.90. The van der Waals surface area contributed by atoms with Gasteiger partial charge in [-0.1, -0.05) is 28.1 Å². The molecule has 3 atom stereocenters. The van der Waals surface area contributed by atoms with Crippen molar-refractivity contribution in [3.8, 4) is 0 Å². The van der Waals surface area contributed by atoms with Crippen LogP contribution in [0.4, 0.5) is 0 Å². The van der Waals surface area contributed by atoms with Crippen LogP contribution in [0.25, 0.3) is 0 Å². The Labute approximate surface area is 188 Å². The van der Waals surface area contributed by atoms with E-state index in [-0.39, 0.29) is 24.0 Å². The molecule has 3 fully saturated rings. The zero-order chi connectivity index (χ0) is 17.9. The van der Waals surface area contributed by atoms with E-state index in [2.05, 4.69) is 62.2 Å². The highest BCUT2D eigenvalue weighted by Gasteiger charge is 2.40. The van der Waals surface area contributed by atoms with Crippen LogP contribution in [0, 0.1) is 0 Å². The van der Waals surface area contributed by atoms with Crippen LogP contribution in [0.5, 0.6) is 0 Å². The molecule has 150 valence electrons. The minimum atomic E-state index is 0. The number of morpholine rings is 1. The van der Waals surface area contributed by atoms with Crippen LogP contribution in [0.15, 0.2) is 33.7 Å². The van der Waals surface area contributed by atoms with Crippen molar-refractivity contribution in [2.24, 2.45) is 4.99 Å². The summed E-state index contributed by atoms with van der Waals surface area (Å²) in [6.45, 7) is 9.03. The zero-order valence-corrected chi connectivity index (χ0v) is 19.9. The molecule has 1 saturated carbocycles. The summed E-state index contributed by atoms with van der Waals surface area (Å²) >= 11 is 3.52. The molecule has 0 radical (unpaired) electrons. The van der Waals surface area contributed by atoms with Crippen LogP contribution in [-0.2, 0) is 4.74 Å². The van der Waals surface area contributed by atoms with Crippen LogP contribution in [0.2, 0.25) is 0 Å². The fourth-order valence-electron chi connectivity index (χ4n) is 4.16. The first kappa shape index (κ1) is 21.3. The van der Waals surface area contributed by atoms with Gasteiger partial charge in [-0.05, 0) is 37.5 Å². The molecular formula is C20H30BrIN4O. The maximum Gasteiger partial charge on any atom is 0.194 e. The van der Waals surface area contributed by atoms with Crippen molar-refractivity contribution in [3.05, 3.63) is 34.3 Å². The number of benzene rings is 1. The van der Waals surface area contributed by atoms with Crippen molar-refractivity contribution in [3.63, 3.8) is 0 Å². The third kappa shape index (κ3) is 5.36. The molecule has 4 rings (SSSR count). The van der Waals surface area contributed by atoms with Gasteiger partial charge < -0.3 is 15.0 Å². The average Bonchev–Trinajstić information content (AvgIpc) is 3.26. The highest BCUT2D eigenvalue weighted by Crippen LogP contribution is 2.41. The Kier molecular flexibility index (Phi) is 7.82.